The number of carbonyl (C=O) groups is 3. The van der Waals surface area contributed by atoms with Gasteiger partial charge in [-0.1, -0.05) is 0 Å². The van der Waals surface area contributed by atoms with Gasteiger partial charge in [-0.2, -0.15) is 0 Å². The maximum absolute atomic E-state index is 13.0. The van der Waals surface area contributed by atoms with Gasteiger partial charge in [0.25, 0.3) is 0 Å². The minimum Gasteiger partial charge on any atom is -0.463 e. The van der Waals surface area contributed by atoms with Gasteiger partial charge >= 0.3 is 11.6 Å². The van der Waals surface area contributed by atoms with Gasteiger partial charge in [-0.25, -0.2) is 9.18 Å². The van der Waals surface area contributed by atoms with E-state index in [1.165, 1.54) is 6.92 Å². The fraction of sp³-hybridized carbons (Fsp3) is 0.571. The number of Topliss-reactive ketones (excluding diaryl/α,β-unsaturated/α-hetero) is 1. The fourth-order valence-electron chi connectivity index (χ4n) is 0.511. The molecular formula is C7H9FO4. The molecule has 0 amide bonds. The first-order valence-corrected chi connectivity index (χ1v) is 3.32. The summed E-state index contributed by atoms with van der Waals surface area (Å²) in [4.78, 5) is 31.3. The Labute approximate surface area is 68.7 Å². The van der Waals surface area contributed by atoms with E-state index < -0.39 is 17.4 Å². The molecule has 5 heteroatoms. The van der Waals surface area contributed by atoms with E-state index in [1.54, 1.807) is 0 Å². The molecule has 0 N–H and O–H groups in total. The predicted octanol–water partition coefficient (Wildman–Crippen LogP) is 0.0457. The molecule has 68 valence electrons. The first-order chi connectivity index (χ1) is 5.49. The Morgan fingerprint density at radius 3 is 2.33 bits per heavy atom. The van der Waals surface area contributed by atoms with E-state index in [9.17, 15) is 18.8 Å². The molecule has 0 aliphatic heterocycles. The smallest absolute Gasteiger partial charge is 0.359 e. The monoisotopic (exact) mass is 176 g/mol. The van der Waals surface area contributed by atoms with Crippen molar-refractivity contribution in [3.05, 3.63) is 0 Å². The van der Waals surface area contributed by atoms with Crippen molar-refractivity contribution in [2.24, 2.45) is 0 Å². The molecule has 0 aromatic rings. The van der Waals surface area contributed by atoms with Gasteiger partial charge in [-0.05, 0) is 13.8 Å². The van der Waals surface area contributed by atoms with Gasteiger partial charge in [-0.3, -0.25) is 9.59 Å². The molecule has 0 radical (unpaired) electrons. The zero-order valence-electron chi connectivity index (χ0n) is 6.80. The third-order valence-electron chi connectivity index (χ3n) is 1.25. The molecule has 0 rings (SSSR count). The largest absolute Gasteiger partial charge is 0.463 e. The Morgan fingerprint density at radius 1 is 1.58 bits per heavy atom. The quantitative estimate of drug-likeness (QED) is 0.345. The van der Waals surface area contributed by atoms with Gasteiger partial charge in [0.05, 0.1) is 6.61 Å². The van der Waals surface area contributed by atoms with E-state index in [0.717, 1.165) is 6.92 Å². The number of esters is 1. The number of ether oxygens (including phenoxy) is 1. The second kappa shape index (κ2) is 3.94. The topological polar surface area (TPSA) is 60.4 Å². The van der Waals surface area contributed by atoms with E-state index in [2.05, 4.69) is 4.74 Å². The maximum atomic E-state index is 13.0. The lowest BCUT2D eigenvalue weighted by Gasteiger charge is -2.12. The van der Waals surface area contributed by atoms with E-state index in [0.29, 0.717) is 0 Å². The summed E-state index contributed by atoms with van der Waals surface area (Å²) >= 11 is 0. The van der Waals surface area contributed by atoms with Crippen LogP contribution >= 0.6 is 0 Å². The van der Waals surface area contributed by atoms with Crippen molar-refractivity contribution in [3.8, 4) is 0 Å². The van der Waals surface area contributed by atoms with Gasteiger partial charge in [0.2, 0.25) is 0 Å². The van der Waals surface area contributed by atoms with Crippen LogP contribution < -0.4 is 0 Å². The van der Waals surface area contributed by atoms with Crippen molar-refractivity contribution in [2.75, 3.05) is 6.61 Å². The van der Waals surface area contributed by atoms with E-state index >= 15 is 0 Å². The predicted molar refractivity (Wildman–Crippen MR) is 37.2 cm³/mol. The van der Waals surface area contributed by atoms with Crippen molar-refractivity contribution in [1.29, 1.82) is 0 Å². The zero-order valence-corrected chi connectivity index (χ0v) is 6.80. The van der Waals surface area contributed by atoms with E-state index in [1.807, 2.05) is 0 Å². The summed E-state index contributed by atoms with van der Waals surface area (Å²) in [5.74, 6) is -2.62. The highest BCUT2D eigenvalue weighted by molar-refractivity contribution is 6.19. The molecule has 1 unspecified atom stereocenters. The Balaban J connectivity index is 4.63. The summed E-state index contributed by atoms with van der Waals surface area (Å²) in [6.07, 6.45) is -0.354. The standard InChI is InChI=1S/C7H9FO4/c1-3-12-6(11)7(8,4-9)5(2)10/h4H,3H2,1-2H3. The second-order valence-electron chi connectivity index (χ2n) is 2.11. The van der Waals surface area contributed by atoms with E-state index in [-0.39, 0.29) is 12.9 Å². The molecule has 0 aromatic heterocycles. The number of halogens is 1. The number of carbonyl (C=O) groups excluding carboxylic acids is 3. The molecule has 0 fully saturated rings. The number of hydrogen-bond acceptors (Lipinski definition) is 4. The molecule has 12 heavy (non-hydrogen) atoms. The van der Waals surface area contributed by atoms with Crippen LogP contribution in [0, 0.1) is 0 Å². The molecule has 0 saturated carbocycles. The Hall–Kier alpha value is -1.26. The third kappa shape index (κ3) is 1.87. The molecule has 0 heterocycles. The SMILES string of the molecule is CCOC(=O)C(F)(C=O)C(C)=O. The minimum atomic E-state index is -3.13. The van der Waals surface area contributed by atoms with Crippen LogP contribution in [0.3, 0.4) is 0 Å². The van der Waals surface area contributed by atoms with Crippen LogP contribution in [-0.2, 0) is 19.1 Å². The van der Waals surface area contributed by atoms with Crippen molar-refractivity contribution in [1.82, 2.24) is 0 Å². The van der Waals surface area contributed by atoms with Gasteiger partial charge in [0.15, 0.2) is 12.1 Å². The van der Waals surface area contributed by atoms with Crippen LogP contribution in [-0.4, -0.2) is 30.3 Å². The van der Waals surface area contributed by atoms with Gasteiger partial charge in [0, 0.05) is 0 Å². The number of aldehydes is 1. The zero-order chi connectivity index (χ0) is 9.78. The normalized spacial score (nSPS) is 14.6. The van der Waals surface area contributed by atoms with Crippen LogP contribution in [0.25, 0.3) is 0 Å². The molecule has 1 atom stereocenters. The summed E-state index contributed by atoms with van der Waals surface area (Å²) < 4.78 is 17.2. The van der Waals surface area contributed by atoms with Crippen molar-refractivity contribution < 1.29 is 23.5 Å². The highest BCUT2D eigenvalue weighted by Crippen LogP contribution is 2.11. The van der Waals surface area contributed by atoms with Crippen LogP contribution in [0.15, 0.2) is 0 Å². The Bertz CT molecular complexity index is 213. The van der Waals surface area contributed by atoms with Crippen LogP contribution in [0.4, 0.5) is 4.39 Å². The lowest BCUT2D eigenvalue weighted by atomic mass is 10.0. The first kappa shape index (κ1) is 10.7. The summed E-state index contributed by atoms with van der Waals surface area (Å²) in [6, 6.07) is 0. The van der Waals surface area contributed by atoms with Crippen LogP contribution in [0.2, 0.25) is 0 Å². The third-order valence-corrected chi connectivity index (χ3v) is 1.25. The Morgan fingerprint density at radius 2 is 2.08 bits per heavy atom. The lowest BCUT2D eigenvalue weighted by molar-refractivity contribution is -0.162. The van der Waals surface area contributed by atoms with Crippen LogP contribution in [0.1, 0.15) is 13.8 Å². The summed E-state index contributed by atoms with van der Waals surface area (Å²) in [5, 5.41) is 0. The first-order valence-electron chi connectivity index (χ1n) is 3.32. The summed E-state index contributed by atoms with van der Waals surface area (Å²) in [6.45, 7) is 2.18. The van der Waals surface area contributed by atoms with Crippen LogP contribution in [0.5, 0.6) is 0 Å². The van der Waals surface area contributed by atoms with E-state index in [4.69, 9.17) is 0 Å². The highest BCUT2D eigenvalue weighted by atomic mass is 19.1. The van der Waals surface area contributed by atoms with Crippen molar-refractivity contribution in [3.63, 3.8) is 0 Å². The number of hydrogen-bond donors (Lipinski definition) is 0. The number of ketones is 1. The fourth-order valence-corrected chi connectivity index (χ4v) is 0.511. The summed E-state index contributed by atoms with van der Waals surface area (Å²) in [7, 11) is 0. The molecule has 0 aliphatic rings. The maximum Gasteiger partial charge on any atom is 0.359 e. The molecule has 0 aromatic carbocycles. The molecular weight excluding hydrogens is 167 g/mol. The van der Waals surface area contributed by atoms with Crippen molar-refractivity contribution in [2.45, 2.75) is 19.5 Å². The lowest BCUT2D eigenvalue weighted by Crippen LogP contribution is -2.43. The molecule has 0 bridgehead atoms. The average molecular weight is 176 g/mol. The molecule has 0 spiro atoms. The Kier molecular flexibility index (Phi) is 3.53. The average Bonchev–Trinajstić information content (AvgIpc) is 2.03. The van der Waals surface area contributed by atoms with Gasteiger partial charge < -0.3 is 4.74 Å². The minimum absolute atomic E-state index is 0.0778. The second-order valence-corrected chi connectivity index (χ2v) is 2.11. The highest BCUT2D eigenvalue weighted by Gasteiger charge is 2.45. The van der Waals surface area contributed by atoms with Crippen molar-refractivity contribution >= 4 is 18.0 Å². The molecule has 0 aliphatic carbocycles. The van der Waals surface area contributed by atoms with Gasteiger partial charge in [-0.15, -0.1) is 0 Å². The molecule has 4 nitrogen and oxygen atoms in total. The number of rotatable bonds is 4. The molecule has 0 saturated heterocycles. The summed E-state index contributed by atoms with van der Waals surface area (Å²) in [5.41, 5.74) is -3.13. The van der Waals surface area contributed by atoms with Gasteiger partial charge in [0.1, 0.15) is 0 Å². The number of alkyl halides is 1.